The highest BCUT2D eigenvalue weighted by atomic mass is 16.5. The number of anilines is 1. The van der Waals surface area contributed by atoms with E-state index in [1.807, 2.05) is 76.1 Å². The van der Waals surface area contributed by atoms with Crippen LogP contribution in [0.15, 0.2) is 48.0 Å². The number of aliphatic hydroxyl groups excluding tert-OH is 1. The Morgan fingerprint density at radius 2 is 1.74 bits per heavy atom. The van der Waals surface area contributed by atoms with E-state index < -0.39 is 17.7 Å². The number of benzene rings is 2. The molecule has 182 valence electrons. The smallest absolute Gasteiger partial charge is 0.295 e. The molecule has 34 heavy (non-hydrogen) atoms. The molecule has 7 nitrogen and oxygen atoms in total. The van der Waals surface area contributed by atoms with E-state index in [-0.39, 0.29) is 11.3 Å². The first-order chi connectivity index (χ1) is 16.1. The van der Waals surface area contributed by atoms with Gasteiger partial charge >= 0.3 is 0 Å². The zero-order valence-corrected chi connectivity index (χ0v) is 21.0. The summed E-state index contributed by atoms with van der Waals surface area (Å²) in [6, 6.07) is 12.4. The molecule has 1 saturated heterocycles. The van der Waals surface area contributed by atoms with Gasteiger partial charge in [0.2, 0.25) is 0 Å². The molecule has 0 aliphatic carbocycles. The van der Waals surface area contributed by atoms with E-state index in [2.05, 4.69) is 0 Å². The van der Waals surface area contributed by atoms with Crippen LogP contribution in [-0.4, -0.2) is 74.5 Å². The maximum Gasteiger partial charge on any atom is 0.295 e. The molecule has 2 aromatic carbocycles. The Balaban J connectivity index is 2.09. The monoisotopic (exact) mass is 465 g/mol. The first-order valence-electron chi connectivity index (χ1n) is 11.6. The highest BCUT2D eigenvalue weighted by molar-refractivity contribution is 6.46. The van der Waals surface area contributed by atoms with Crippen LogP contribution in [0.2, 0.25) is 0 Å². The molecule has 0 spiro atoms. The van der Waals surface area contributed by atoms with Crippen molar-refractivity contribution in [1.82, 2.24) is 9.80 Å². The molecule has 1 unspecified atom stereocenters. The molecule has 1 fully saturated rings. The van der Waals surface area contributed by atoms with Gasteiger partial charge in [-0.2, -0.15) is 0 Å². The maximum absolute atomic E-state index is 13.2. The Hall–Kier alpha value is -3.32. The zero-order valence-electron chi connectivity index (χ0n) is 21.0. The highest BCUT2D eigenvalue weighted by Crippen LogP contribution is 2.40. The van der Waals surface area contributed by atoms with Gasteiger partial charge in [0.1, 0.15) is 11.5 Å². The normalized spacial score (nSPS) is 17.5. The van der Waals surface area contributed by atoms with E-state index >= 15 is 0 Å². The lowest BCUT2D eigenvalue weighted by Gasteiger charge is -2.26. The summed E-state index contributed by atoms with van der Waals surface area (Å²) in [4.78, 5) is 31.9. The minimum absolute atomic E-state index is 0.121. The summed E-state index contributed by atoms with van der Waals surface area (Å²) in [7, 11) is 7.85. The lowest BCUT2D eigenvalue weighted by Crippen LogP contribution is -2.32. The predicted molar refractivity (Wildman–Crippen MR) is 135 cm³/mol. The molecule has 0 bridgehead atoms. The first-order valence-corrected chi connectivity index (χ1v) is 11.6. The van der Waals surface area contributed by atoms with Crippen molar-refractivity contribution in [3.63, 3.8) is 0 Å². The number of ether oxygens (including phenoxy) is 1. The third-order valence-corrected chi connectivity index (χ3v) is 6.02. The molecule has 0 saturated carbocycles. The van der Waals surface area contributed by atoms with Gasteiger partial charge in [-0.05, 0) is 82.4 Å². The SMILES string of the molecule is CCOc1ccc(C(O)=C2C(=O)C(=O)N(CCCN(C)C)C2c2ccc(N(C)C)cc2)cc1C. The highest BCUT2D eigenvalue weighted by Gasteiger charge is 2.45. The van der Waals surface area contributed by atoms with E-state index in [0.29, 0.717) is 25.1 Å². The van der Waals surface area contributed by atoms with Gasteiger partial charge in [-0.3, -0.25) is 9.59 Å². The first kappa shape index (κ1) is 25.3. The third-order valence-electron chi connectivity index (χ3n) is 6.02. The van der Waals surface area contributed by atoms with Gasteiger partial charge < -0.3 is 24.5 Å². The second kappa shape index (κ2) is 10.7. The van der Waals surface area contributed by atoms with E-state index in [9.17, 15) is 14.7 Å². The number of carbonyl (C=O) groups is 2. The Labute approximate surface area is 202 Å². The number of nitrogens with zero attached hydrogens (tertiary/aromatic N) is 3. The number of Topliss-reactive ketones (excluding diaryl/α,β-unsaturated/α-hetero) is 1. The minimum Gasteiger partial charge on any atom is -0.507 e. The molecular formula is C27H35N3O4. The molecule has 2 aromatic rings. The summed E-state index contributed by atoms with van der Waals surface area (Å²) in [6.45, 7) is 5.54. The maximum atomic E-state index is 13.2. The Kier molecular flexibility index (Phi) is 7.99. The van der Waals surface area contributed by atoms with Gasteiger partial charge in [0, 0.05) is 31.9 Å². The fourth-order valence-electron chi connectivity index (χ4n) is 4.24. The molecule has 1 aliphatic rings. The summed E-state index contributed by atoms with van der Waals surface area (Å²) >= 11 is 0. The molecule has 0 radical (unpaired) electrons. The van der Waals surface area contributed by atoms with Crippen LogP contribution in [0.4, 0.5) is 5.69 Å². The lowest BCUT2D eigenvalue weighted by atomic mass is 9.94. The van der Waals surface area contributed by atoms with Crippen molar-refractivity contribution in [2.45, 2.75) is 26.3 Å². The second-order valence-corrected chi connectivity index (χ2v) is 9.05. The van der Waals surface area contributed by atoms with Crippen LogP contribution in [0.25, 0.3) is 5.76 Å². The van der Waals surface area contributed by atoms with Crippen LogP contribution in [0.5, 0.6) is 5.75 Å². The number of aliphatic hydroxyl groups is 1. The Bertz CT molecular complexity index is 1070. The predicted octanol–water partition coefficient (Wildman–Crippen LogP) is 3.83. The molecule has 1 aliphatic heterocycles. The van der Waals surface area contributed by atoms with Gasteiger partial charge in [0.15, 0.2) is 0 Å². The molecule has 1 amide bonds. The molecule has 0 aromatic heterocycles. The summed E-state index contributed by atoms with van der Waals surface area (Å²) in [5.41, 5.74) is 3.26. The van der Waals surface area contributed by atoms with Crippen molar-refractivity contribution in [2.75, 3.05) is 52.8 Å². The number of hydrogen-bond acceptors (Lipinski definition) is 6. The molecular weight excluding hydrogens is 430 g/mol. The largest absolute Gasteiger partial charge is 0.507 e. The van der Waals surface area contributed by atoms with Crippen molar-refractivity contribution in [3.05, 3.63) is 64.7 Å². The van der Waals surface area contributed by atoms with Gasteiger partial charge in [-0.1, -0.05) is 12.1 Å². The van der Waals surface area contributed by atoms with E-state index in [1.165, 1.54) is 0 Å². The van der Waals surface area contributed by atoms with E-state index in [0.717, 1.165) is 29.1 Å². The second-order valence-electron chi connectivity index (χ2n) is 9.05. The van der Waals surface area contributed by atoms with Crippen molar-refractivity contribution >= 4 is 23.1 Å². The number of rotatable bonds is 9. The lowest BCUT2D eigenvalue weighted by molar-refractivity contribution is -0.139. The van der Waals surface area contributed by atoms with Gasteiger partial charge in [0.25, 0.3) is 11.7 Å². The number of carbonyl (C=O) groups excluding carboxylic acids is 2. The topological polar surface area (TPSA) is 73.3 Å². The Morgan fingerprint density at radius 3 is 2.29 bits per heavy atom. The zero-order chi connectivity index (χ0) is 25.0. The van der Waals surface area contributed by atoms with Crippen LogP contribution < -0.4 is 9.64 Å². The van der Waals surface area contributed by atoms with Crippen molar-refractivity contribution in [1.29, 1.82) is 0 Å². The molecule has 1 N–H and O–H groups in total. The standard InChI is InChI=1S/C27H35N3O4/c1-7-34-22-14-11-20(17-18(22)2)25(31)23-24(19-9-12-21(13-10-19)29(5)6)30(27(33)26(23)32)16-8-15-28(3)4/h9-14,17,24,31H,7-8,15-16H2,1-6H3. The van der Waals surface area contributed by atoms with Gasteiger partial charge in [-0.25, -0.2) is 0 Å². The molecule has 1 heterocycles. The summed E-state index contributed by atoms with van der Waals surface area (Å²) in [5, 5.41) is 11.3. The average Bonchev–Trinajstić information content (AvgIpc) is 3.05. The van der Waals surface area contributed by atoms with Gasteiger partial charge in [-0.15, -0.1) is 0 Å². The van der Waals surface area contributed by atoms with Crippen LogP contribution in [0, 0.1) is 6.92 Å². The summed E-state index contributed by atoms with van der Waals surface area (Å²) < 4.78 is 5.60. The van der Waals surface area contributed by atoms with E-state index in [4.69, 9.17) is 4.74 Å². The quantitative estimate of drug-likeness (QED) is 0.345. The number of hydrogen-bond donors (Lipinski definition) is 1. The van der Waals surface area contributed by atoms with Crippen molar-refractivity contribution in [3.8, 4) is 5.75 Å². The van der Waals surface area contributed by atoms with Crippen LogP contribution in [0.3, 0.4) is 0 Å². The third kappa shape index (κ3) is 5.25. The fourth-order valence-corrected chi connectivity index (χ4v) is 4.24. The Morgan fingerprint density at radius 1 is 1.06 bits per heavy atom. The van der Waals surface area contributed by atoms with Crippen molar-refractivity contribution < 1.29 is 19.4 Å². The molecule has 3 rings (SSSR count). The number of amides is 1. The summed E-state index contributed by atoms with van der Waals surface area (Å²) in [6.07, 6.45) is 0.717. The van der Waals surface area contributed by atoms with Crippen LogP contribution in [0.1, 0.15) is 36.1 Å². The minimum atomic E-state index is -0.657. The van der Waals surface area contributed by atoms with Gasteiger partial charge in [0.05, 0.1) is 18.2 Å². The number of aryl methyl sites for hydroxylation is 1. The van der Waals surface area contributed by atoms with Crippen LogP contribution >= 0.6 is 0 Å². The fraction of sp³-hybridized carbons (Fsp3) is 0.407. The van der Waals surface area contributed by atoms with Crippen LogP contribution in [-0.2, 0) is 9.59 Å². The molecule has 7 heteroatoms. The number of likely N-dealkylation sites (tertiary alicyclic amines) is 1. The van der Waals surface area contributed by atoms with E-state index in [1.54, 1.807) is 23.1 Å². The average molecular weight is 466 g/mol. The number of ketones is 1. The molecule has 1 atom stereocenters. The van der Waals surface area contributed by atoms with Crippen molar-refractivity contribution in [2.24, 2.45) is 0 Å². The summed E-state index contributed by atoms with van der Waals surface area (Å²) in [5.74, 6) is -0.680.